The molecule has 1 aromatic heterocycles. The molecule has 0 radical (unpaired) electrons. The fourth-order valence-electron chi connectivity index (χ4n) is 2.52. The molecule has 0 atom stereocenters. The molecule has 3 aromatic rings. The average Bonchev–Trinajstić information content (AvgIpc) is 3.03. The summed E-state index contributed by atoms with van der Waals surface area (Å²) in [5.74, 6) is -0.0794. The molecule has 0 saturated carbocycles. The average molecular weight is 343 g/mol. The van der Waals surface area contributed by atoms with Gasteiger partial charge in [-0.2, -0.15) is 8.78 Å². The molecule has 0 aliphatic rings. The van der Waals surface area contributed by atoms with Crippen LogP contribution in [-0.2, 0) is 0 Å². The largest absolute Gasteiger partial charge is 0.493 e. The first kappa shape index (κ1) is 16.7. The highest BCUT2D eigenvalue weighted by Gasteiger charge is 2.11. The zero-order valence-corrected chi connectivity index (χ0v) is 13.3. The Morgan fingerprint density at radius 3 is 2.72 bits per heavy atom. The van der Waals surface area contributed by atoms with Gasteiger partial charge in [-0.05, 0) is 29.8 Å². The number of fused-ring (bicyclic) bond motifs is 1. The Kier molecular flexibility index (Phi) is 4.79. The first-order valence-electron chi connectivity index (χ1n) is 7.50. The van der Waals surface area contributed by atoms with Crippen LogP contribution < -0.4 is 9.47 Å². The maximum atomic E-state index is 12.5. The van der Waals surface area contributed by atoms with Crippen LogP contribution in [0.2, 0.25) is 0 Å². The van der Waals surface area contributed by atoms with Crippen LogP contribution in [-0.4, -0.2) is 24.5 Å². The summed E-state index contributed by atoms with van der Waals surface area (Å²) in [4.78, 5) is 15.4. The number of halogens is 2. The van der Waals surface area contributed by atoms with Crippen LogP contribution in [0.15, 0.2) is 54.7 Å². The number of para-hydroxylation sites is 1. The van der Waals surface area contributed by atoms with Gasteiger partial charge in [-0.3, -0.25) is 4.79 Å². The van der Waals surface area contributed by atoms with Gasteiger partial charge in [-0.25, -0.2) is 0 Å². The topological polar surface area (TPSA) is 51.3 Å². The summed E-state index contributed by atoms with van der Waals surface area (Å²) in [6, 6.07) is 12.0. The van der Waals surface area contributed by atoms with E-state index in [9.17, 15) is 13.6 Å². The number of ketones is 1. The number of nitrogens with one attached hydrogen (secondary N) is 1. The van der Waals surface area contributed by atoms with E-state index < -0.39 is 6.61 Å². The zero-order valence-electron chi connectivity index (χ0n) is 13.3. The molecular weight excluding hydrogens is 328 g/mol. The molecule has 0 spiro atoms. The number of aromatic amines is 1. The van der Waals surface area contributed by atoms with Gasteiger partial charge in [-0.15, -0.1) is 0 Å². The number of rotatable bonds is 6. The van der Waals surface area contributed by atoms with Crippen molar-refractivity contribution in [3.05, 3.63) is 65.9 Å². The third-order valence-corrected chi connectivity index (χ3v) is 3.69. The van der Waals surface area contributed by atoms with E-state index in [1.54, 1.807) is 18.3 Å². The summed E-state index contributed by atoms with van der Waals surface area (Å²) in [7, 11) is 1.36. The Labute approximate surface area is 142 Å². The number of methoxy groups -OCH3 is 1. The van der Waals surface area contributed by atoms with Gasteiger partial charge in [0.15, 0.2) is 17.3 Å². The lowest BCUT2D eigenvalue weighted by atomic mass is 10.1. The van der Waals surface area contributed by atoms with Crippen molar-refractivity contribution in [2.24, 2.45) is 0 Å². The lowest BCUT2D eigenvalue weighted by Gasteiger charge is -2.10. The minimum atomic E-state index is -2.96. The third kappa shape index (κ3) is 3.68. The van der Waals surface area contributed by atoms with Crippen LogP contribution >= 0.6 is 0 Å². The van der Waals surface area contributed by atoms with E-state index in [0.29, 0.717) is 11.1 Å². The normalized spacial score (nSPS) is 11.4. The van der Waals surface area contributed by atoms with Crippen molar-refractivity contribution in [3.63, 3.8) is 0 Å². The molecule has 0 aliphatic carbocycles. The molecule has 1 N–H and O–H groups in total. The summed E-state index contributed by atoms with van der Waals surface area (Å²) in [6.07, 6.45) is 4.59. The van der Waals surface area contributed by atoms with Crippen molar-refractivity contribution in [2.45, 2.75) is 6.61 Å². The molecule has 25 heavy (non-hydrogen) atoms. The molecule has 1 heterocycles. The SMILES string of the molecule is COc1ccc(/C=C/C(=O)c2c[nH]c3ccccc23)cc1OC(F)F. The molecule has 0 saturated heterocycles. The van der Waals surface area contributed by atoms with Crippen molar-refractivity contribution in [3.8, 4) is 11.5 Å². The van der Waals surface area contributed by atoms with Crippen LogP contribution in [0.5, 0.6) is 11.5 Å². The Hall–Kier alpha value is -3.15. The van der Waals surface area contributed by atoms with Gasteiger partial charge in [0, 0.05) is 22.7 Å². The minimum Gasteiger partial charge on any atom is -0.493 e. The van der Waals surface area contributed by atoms with E-state index in [4.69, 9.17) is 4.74 Å². The monoisotopic (exact) mass is 343 g/mol. The molecule has 4 nitrogen and oxygen atoms in total. The van der Waals surface area contributed by atoms with Crippen LogP contribution in [0, 0.1) is 0 Å². The van der Waals surface area contributed by atoms with Crippen LogP contribution in [0.1, 0.15) is 15.9 Å². The fraction of sp³-hybridized carbons (Fsp3) is 0.105. The quantitative estimate of drug-likeness (QED) is 0.522. The number of carbonyl (C=O) groups is 1. The number of hydrogen-bond acceptors (Lipinski definition) is 3. The number of carbonyl (C=O) groups excluding carboxylic acids is 1. The highest BCUT2D eigenvalue weighted by Crippen LogP contribution is 2.30. The van der Waals surface area contributed by atoms with Gasteiger partial charge < -0.3 is 14.5 Å². The second kappa shape index (κ2) is 7.17. The predicted molar refractivity (Wildman–Crippen MR) is 91.3 cm³/mol. The molecule has 0 bridgehead atoms. The maximum absolute atomic E-state index is 12.5. The number of H-pyrrole nitrogens is 1. The molecule has 128 valence electrons. The second-order valence-corrected chi connectivity index (χ2v) is 5.23. The number of hydrogen-bond donors (Lipinski definition) is 1. The van der Waals surface area contributed by atoms with Crippen molar-refractivity contribution in [1.29, 1.82) is 0 Å². The zero-order chi connectivity index (χ0) is 17.8. The van der Waals surface area contributed by atoms with E-state index in [0.717, 1.165) is 10.9 Å². The van der Waals surface area contributed by atoms with Crippen LogP contribution in [0.4, 0.5) is 8.78 Å². The second-order valence-electron chi connectivity index (χ2n) is 5.23. The number of alkyl halides is 2. The van der Waals surface area contributed by atoms with Gasteiger partial charge in [-0.1, -0.05) is 30.3 Å². The maximum Gasteiger partial charge on any atom is 0.387 e. The lowest BCUT2D eigenvalue weighted by molar-refractivity contribution is -0.0512. The van der Waals surface area contributed by atoms with E-state index in [-0.39, 0.29) is 17.3 Å². The lowest BCUT2D eigenvalue weighted by Crippen LogP contribution is -2.03. The number of ether oxygens (including phenoxy) is 2. The van der Waals surface area contributed by atoms with Crippen molar-refractivity contribution >= 4 is 22.8 Å². The summed E-state index contributed by atoms with van der Waals surface area (Å²) in [5.41, 5.74) is 1.96. The number of benzene rings is 2. The summed E-state index contributed by atoms with van der Waals surface area (Å²) in [5, 5.41) is 0.827. The van der Waals surface area contributed by atoms with E-state index >= 15 is 0 Å². The first-order valence-corrected chi connectivity index (χ1v) is 7.50. The molecule has 3 rings (SSSR count). The van der Waals surface area contributed by atoms with Crippen molar-refractivity contribution in [2.75, 3.05) is 7.11 Å². The standard InChI is InChI=1S/C19H15F2NO3/c1-24-17-9-7-12(10-18(17)25-19(20)21)6-8-16(23)14-11-22-15-5-3-2-4-13(14)15/h2-11,19,22H,1H3/b8-6+. The third-order valence-electron chi connectivity index (χ3n) is 3.69. The Morgan fingerprint density at radius 1 is 1.16 bits per heavy atom. The Morgan fingerprint density at radius 2 is 1.96 bits per heavy atom. The summed E-state index contributed by atoms with van der Waals surface area (Å²) < 4.78 is 34.3. The van der Waals surface area contributed by atoms with E-state index in [2.05, 4.69) is 9.72 Å². The first-order chi connectivity index (χ1) is 12.1. The van der Waals surface area contributed by atoms with Gasteiger partial charge in [0.05, 0.1) is 7.11 Å². The number of allylic oxidation sites excluding steroid dienone is 1. The van der Waals surface area contributed by atoms with Crippen molar-refractivity contribution in [1.82, 2.24) is 4.98 Å². The van der Waals surface area contributed by atoms with Gasteiger partial charge in [0.25, 0.3) is 0 Å². The highest BCUT2D eigenvalue weighted by atomic mass is 19.3. The Balaban J connectivity index is 1.85. The fourth-order valence-corrected chi connectivity index (χ4v) is 2.52. The number of aromatic nitrogens is 1. The molecule has 0 aliphatic heterocycles. The summed E-state index contributed by atoms with van der Waals surface area (Å²) >= 11 is 0. The molecular formula is C19H15F2NO3. The van der Waals surface area contributed by atoms with Gasteiger partial charge in [0.1, 0.15) is 0 Å². The highest BCUT2D eigenvalue weighted by molar-refractivity contribution is 6.14. The molecule has 0 unspecified atom stereocenters. The van der Waals surface area contributed by atoms with Crippen LogP contribution in [0.3, 0.4) is 0 Å². The molecule has 6 heteroatoms. The predicted octanol–water partition coefficient (Wildman–Crippen LogP) is 4.67. The molecule has 2 aromatic carbocycles. The summed E-state index contributed by atoms with van der Waals surface area (Å²) in [6.45, 7) is -2.96. The van der Waals surface area contributed by atoms with Crippen molar-refractivity contribution < 1.29 is 23.0 Å². The van der Waals surface area contributed by atoms with Gasteiger partial charge in [0.2, 0.25) is 0 Å². The minimum absolute atomic E-state index is 0.0841. The molecule has 0 fully saturated rings. The van der Waals surface area contributed by atoms with E-state index in [1.165, 1.54) is 25.3 Å². The smallest absolute Gasteiger partial charge is 0.387 e. The van der Waals surface area contributed by atoms with Gasteiger partial charge >= 0.3 is 6.61 Å². The molecule has 0 amide bonds. The Bertz CT molecular complexity index is 931. The van der Waals surface area contributed by atoms with E-state index in [1.807, 2.05) is 24.3 Å². The van der Waals surface area contributed by atoms with Crippen LogP contribution in [0.25, 0.3) is 17.0 Å².